The third-order valence-electron chi connectivity index (χ3n) is 4.53. The van der Waals surface area contributed by atoms with E-state index < -0.39 is 16.1 Å². The molecule has 150 valence electrons. The number of nitro groups is 2. The Balaban J connectivity index is 1.73. The largest absolute Gasteiger partial charge is 0.363 e. The van der Waals surface area contributed by atoms with Gasteiger partial charge in [0.05, 0.1) is 9.85 Å². The topological polar surface area (TPSA) is 111 Å². The lowest BCUT2D eigenvalue weighted by molar-refractivity contribution is -0.385. The fraction of sp³-hybridized carbons (Fsp3) is 0.0500. The van der Waals surface area contributed by atoms with Gasteiger partial charge in [-0.2, -0.15) is 0 Å². The summed E-state index contributed by atoms with van der Waals surface area (Å²) in [6.07, 6.45) is -0.683. The number of oxime groups is 1. The predicted molar refractivity (Wildman–Crippen MR) is 110 cm³/mol. The molecule has 3 aromatic rings. The van der Waals surface area contributed by atoms with Crippen LogP contribution in [0.1, 0.15) is 17.4 Å². The van der Waals surface area contributed by atoms with Crippen LogP contribution in [0.25, 0.3) is 0 Å². The van der Waals surface area contributed by atoms with Gasteiger partial charge in [-0.25, -0.2) is 0 Å². The molecule has 0 radical (unpaired) electrons. The molecule has 0 spiro atoms. The predicted octanol–water partition coefficient (Wildman–Crippen LogP) is 5.05. The van der Waals surface area contributed by atoms with Gasteiger partial charge >= 0.3 is 0 Å². The molecular formula is C20H13ClN4O5. The monoisotopic (exact) mass is 424 g/mol. The van der Waals surface area contributed by atoms with Crippen LogP contribution in [0.2, 0.25) is 5.02 Å². The van der Waals surface area contributed by atoms with E-state index in [9.17, 15) is 20.2 Å². The van der Waals surface area contributed by atoms with Crippen LogP contribution in [0.4, 0.5) is 17.1 Å². The maximum atomic E-state index is 10.9. The zero-order chi connectivity index (χ0) is 21.3. The van der Waals surface area contributed by atoms with Crippen molar-refractivity contribution in [3.63, 3.8) is 0 Å². The van der Waals surface area contributed by atoms with Crippen molar-refractivity contribution in [2.75, 3.05) is 4.90 Å². The van der Waals surface area contributed by atoms with E-state index in [1.165, 1.54) is 24.3 Å². The molecule has 10 heteroatoms. The number of amidine groups is 1. The summed E-state index contributed by atoms with van der Waals surface area (Å²) in [6, 6.07) is 18.9. The molecule has 0 amide bonds. The minimum atomic E-state index is -0.683. The number of hydrogen-bond donors (Lipinski definition) is 0. The molecule has 0 saturated heterocycles. The Hall–Kier alpha value is -3.98. The normalized spacial score (nSPS) is 15.4. The first-order valence-corrected chi connectivity index (χ1v) is 9.09. The summed E-state index contributed by atoms with van der Waals surface area (Å²) in [5.74, 6) is 0.440. The van der Waals surface area contributed by atoms with Crippen LogP contribution < -0.4 is 4.90 Å². The number of nitrogens with zero attached hydrogens (tertiary/aromatic N) is 4. The van der Waals surface area contributed by atoms with Gasteiger partial charge in [0, 0.05) is 46.1 Å². The lowest BCUT2D eigenvalue weighted by Crippen LogP contribution is -2.31. The number of benzene rings is 3. The lowest BCUT2D eigenvalue weighted by Gasteiger charge is -2.25. The number of halogens is 1. The quantitative estimate of drug-likeness (QED) is 0.418. The molecule has 0 fully saturated rings. The fourth-order valence-electron chi connectivity index (χ4n) is 3.06. The minimum absolute atomic E-state index is 0.0358. The number of anilines is 1. The van der Waals surface area contributed by atoms with Gasteiger partial charge in [-0.05, 0) is 48.5 Å². The Bertz CT molecular complexity index is 1130. The molecule has 1 aliphatic rings. The van der Waals surface area contributed by atoms with Gasteiger partial charge in [0.25, 0.3) is 11.4 Å². The third kappa shape index (κ3) is 3.65. The number of rotatable bonds is 5. The summed E-state index contributed by atoms with van der Waals surface area (Å²) in [5.41, 5.74) is 1.91. The molecular weight excluding hydrogens is 412 g/mol. The molecule has 0 bridgehead atoms. The van der Waals surface area contributed by atoms with Crippen LogP contribution >= 0.6 is 11.6 Å². The first-order valence-electron chi connectivity index (χ1n) is 8.72. The molecule has 1 atom stereocenters. The van der Waals surface area contributed by atoms with Gasteiger partial charge in [0.1, 0.15) is 0 Å². The highest BCUT2D eigenvalue weighted by molar-refractivity contribution is 6.30. The molecule has 0 aliphatic carbocycles. The third-order valence-corrected chi connectivity index (χ3v) is 4.78. The molecule has 9 nitrogen and oxygen atoms in total. The second-order valence-electron chi connectivity index (χ2n) is 6.37. The standard InChI is InChI=1S/C20H13ClN4O5/c21-15-5-11-16(12-6-15)23-19(13-1-7-17(8-2-13)24(26)27)22-30-20(23)14-3-9-18(10-4-14)25(28)29/h1-12,20H/t20-/m0/s1. The Morgan fingerprint density at radius 2 is 1.37 bits per heavy atom. The molecule has 4 rings (SSSR count). The van der Waals surface area contributed by atoms with E-state index in [-0.39, 0.29) is 11.4 Å². The van der Waals surface area contributed by atoms with Crippen molar-refractivity contribution >= 4 is 34.5 Å². The second-order valence-corrected chi connectivity index (χ2v) is 6.81. The number of hydrogen-bond acceptors (Lipinski definition) is 7. The summed E-state index contributed by atoms with van der Waals surface area (Å²) in [4.78, 5) is 28.4. The Labute approximate surface area is 175 Å². The van der Waals surface area contributed by atoms with Gasteiger partial charge in [-0.1, -0.05) is 16.8 Å². The summed E-state index contributed by atoms with van der Waals surface area (Å²) in [6.45, 7) is 0. The molecule has 1 heterocycles. The van der Waals surface area contributed by atoms with Crippen LogP contribution in [0.3, 0.4) is 0 Å². The highest BCUT2D eigenvalue weighted by atomic mass is 35.5. The molecule has 0 aromatic heterocycles. The average molecular weight is 425 g/mol. The van der Waals surface area contributed by atoms with Crippen LogP contribution in [-0.4, -0.2) is 15.7 Å². The van der Waals surface area contributed by atoms with Gasteiger partial charge in [-0.3, -0.25) is 25.1 Å². The van der Waals surface area contributed by atoms with Gasteiger partial charge in [0.15, 0.2) is 5.84 Å². The van der Waals surface area contributed by atoms with E-state index in [4.69, 9.17) is 16.4 Å². The first kappa shape index (κ1) is 19.3. The molecule has 0 saturated carbocycles. The summed E-state index contributed by atoms with van der Waals surface area (Å²) in [7, 11) is 0. The smallest absolute Gasteiger partial charge is 0.269 e. The Kier molecular flexibility index (Phi) is 5.03. The van der Waals surface area contributed by atoms with Crippen molar-refractivity contribution in [1.29, 1.82) is 0 Å². The molecule has 1 aliphatic heterocycles. The maximum Gasteiger partial charge on any atom is 0.269 e. The molecule has 3 aromatic carbocycles. The van der Waals surface area contributed by atoms with Crippen molar-refractivity contribution in [1.82, 2.24) is 0 Å². The number of nitro benzene ring substituents is 2. The summed E-state index contributed by atoms with van der Waals surface area (Å²) >= 11 is 6.01. The van der Waals surface area contributed by atoms with Gasteiger partial charge in [-0.15, -0.1) is 0 Å². The molecule has 30 heavy (non-hydrogen) atoms. The average Bonchev–Trinajstić information content (AvgIpc) is 3.19. The molecule has 0 unspecified atom stereocenters. The van der Waals surface area contributed by atoms with Crippen molar-refractivity contribution in [2.24, 2.45) is 5.16 Å². The van der Waals surface area contributed by atoms with E-state index in [1.54, 1.807) is 53.4 Å². The SMILES string of the molecule is O=[N+]([O-])c1ccc(C2=NO[C@@H](c3ccc([N+](=O)[O-])cc3)N2c2ccc(Cl)cc2)cc1. The fourth-order valence-corrected chi connectivity index (χ4v) is 3.18. The van der Waals surface area contributed by atoms with Gasteiger partial charge in [0.2, 0.25) is 6.23 Å². The van der Waals surface area contributed by atoms with Crippen LogP contribution in [0, 0.1) is 20.2 Å². The maximum absolute atomic E-state index is 10.9. The first-order chi connectivity index (χ1) is 14.4. The highest BCUT2D eigenvalue weighted by Crippen LogP contribution is 2.36. The van der Waals surface area contributed by atoms with Crippen molar-refractivity contribution in [3.05, 3.63) is 109 Å². The van der Waals surface area contributed by atoms with Crippen molar-refractivity contribution in [3.8, 4) is 0 Å². The zero-order valence-electron chi connectivity index (χ0n) is 15.2. The minimum Gasteiger partial charge on any atom is -0.363 e. The second kappa shape index (κ2) is 7.80. The Morgan fingerprint density at radius 1 is 0.833 bits per heavy atom. The zero-order valence-corrected chi connectivity index (χ0v) is 16.0. The van der Waals surface area contributed by atoms with Gasteiger partial charge < -0.3 is 4.84 Å². The van der Waals surface area contributed by atoms with Crippen LogP contribution in [-0.2, 0) is 4.84 Å². The molecule has 0 N–H and O–H groups in total. The lowest BCUT2D eigenvalue weighted by atomic mass is 10.1. The van der Waals surface area contributed by atoms with Crippen LogP contribution in [0.5, 0.6) is 0 Å². The van der Waals surface area contributed by atoms with E-state index >= 15 is 0 Å². The highest BCUT2D eigenvalue weighted by Gasteiger charge is 2.34. The van der Waals surface area contributed by atoms with Crippen LogP contribution in [0.15, 0.2) is 78.0 Å². The Morgan fingerprint density at radius 3 is 1.90 bits per heavy atom. The van der Waals surface area contributed by atoms with E-state index in [0.717, 1.165) is 5.69 Å². The summed E-state index contributed by atoms with van der Waals surface area (Å²) in [5, 5.41) is 26.6. The van der Waals surface area contributed by atoms with E-state index in [0.29, 0.717) is 22.0 Å². The van der Waals surface area contributed by atoms with Crippen molar-refractivity contribution < 1.29 is 14.7 Å². The summed E-state index contributed by atoms with van der Waals surface area (Å²) < 4.78 is 0. The van der Waals surface area contributed by atoms with E-state index in [2.05, 4.69) is 5.16 Å². The van der Waals surface area contributed by atoms with E-state index in [1.807, 2.05) is 0 Å². The van der Waals surface area contributed by atoms with Crippen molar-refractivity contribution in [2.45, 2.75) is 6.23 Å². The number of non-ortho nitro benzene ring substituents is 2.